The molecule has 2 saturated heterocycles. The van der Waals surface area contributed by atoms with Crippen molar-refractivity contribution >= 4 is 21.9 Å². The van der Waals surface area contributed by atoms with E-state index in [9.17, 15) is 4.79 Å². The van der Waals surface area contributed by atoms with Crippen LogP contribution in [0.5, 0.6) is 0 Å². The molecule has 2 aliphatic heterocycles. The first kappa shape index (κ1) is 12.1. The Bertz CT molecular complexity index is 291. The fraction of sp³-hybridized carbons (Fsp3) is 0.750. The van der Waals surface area contributed by atoms with Gasteiger partial charge in [-0.25, -0.2) is 0 Å². The highest BCUT2D eigenvalue weighted by molar-refractivity contribution is 9.11. The van der Waals surface area contributed by atoms with Crippen molar-refractivity contribution in [2.45, 2.75) is 44.2 Å². The summed E-state index contributed by atoms with van der Waals surface area (Å²) < 4.78 is 1.03. The van der Waals surface area contributed by atoms with E-state index in [-0.39, 0.29) is 0 Å². The molecule has 0 aromatic carbocycles. The lowest BCUT2D eigenvalue weighted by atomic mass is 9.88. The fourth-order valence-electron chi connectivity index (χ4n) is 3.26. The minimum atomic E-state index is -0.650. The van der Waals surface area contributed by atoms with E-state index in [4.69, 9.17) is 5.11 Å². The molecular formula is C12H18BrNO2. The number of piperidine rings is 1. The summed E-state index contributed by atoms with van der Waals surface area (Å²) in [7, 11) is 0. The largest absolute Gasteiger partial charge is 0.481 e. The summed E-state index contributed by atoms with van der Waals surface area (Å²) in [5, 5.41) is 8.83. The average Bonchev–Trinajstić information content (AvgIpc) is 2.43. The van der Waals surface area contributed by atoms with Crippen LogP contribution >= 0.6 is 15.9 Å². The van der Waals surface area contributed by atoms with Gasteiger partial charge in [0.15, 0.2) is 0 Å². The normalized spacial score (nSPS) is 33.9. The van der Waals surface area contributed by atoms with Gasteiger partial charge in [-0.15, -0.1) is 0 Å². The summed E-state index contributed by atoms with van der Waals surface area (Å²) in [5.74, 6) is -0.266. The molecule has 2 fully saturated rings. The number of rotatable bonds is 4. The summed E-state index contributed by atoms with van der Waals surface area (Å²) in [6.45, 7) is 4.81. The Hall–Kier alpha value is -0.350. The van der Waals surface area contributed by atoms with Gasteiger partial charge in [-0.1, -0.05) is 22.5 Å². The molecule has 0 spiro atoms. The van der Waals surface area contributed by atoms with Gasteiger partial charge in [-0.3, -0.25) is 9.69 Å². The van der Waals surface area contributed by atoms with E-state index in [2.05, 4.69) is 27.4 Å². The summed E-state index contributed by atoms with van der Waals surface area (Å²) in [6.07, 6.45) is 4.88. The highest BCUT2D eigenvalue weighted by atomic mass is 79.9. The fourth-order valence-corrected chi connectivity index (χ4v) is 3.55. The summed E-state index contributed by atoms with van der Waals surface area (Å²) >= 11 is 3.42. The molecule has 1 N–H and O–H groups in total. The van der Waals surface area contributed by atoms with Gasteiger partial charge >= 0.3 is 5.97 Å². The predicted octanol–water partition coefficient (Wildman–Crippen LogP) is 2.61. The van der Waals surface area contributed by atoms with Gasteiger partial charge in [-0.05, 0) is 31.6 Å². The zero-order valence-corrected chi connectivity index (χ0v) is 10.9. The summed E-state index contributed by atoms with van der Waals surface area (Å²) in [5.41, 5.74) is 0. The number of carboxylic acid groups (broad SMARTS) is 1. The SMILES string of the molecule is C=C(Br)CN1C2CCC1CC(CC(=O)O)C2. The third-order valence-electron chi connectivity index (χ3n) is 3.80. The highest BCUT2D eigenvalue weighted by Gasteiger charge is 2.40. The third-order valence-corrected chi connectivity index (χ3v) is 4.05. The number of nitrogens with zero attached hydrogens (tertiary/aromatic N) is 1. The Morgan fingerprint density at radius 1 is 1.38 bits per heavy atom. The van der Waals surface area contributed by atoms with Crippen molar-refractivity contribution in [2.24, 2.45) is 5.92 Å². The van der Waals surface area contributed by atoms with Gasteiger partial charge in [0.1, 0.15) is 0 Å². The molecule has 2 bridgehead atoms. The molecule has 0 saturated carbocycles. The first-order chi connectivity index (χ1) is 7.56. The van der Waals surface area contributed by atoms with Crippen LogP contribution in [0.25, 0.3) is 0 Å². The molecule has 3 nitrogen and oxygen atoms in total. The maximum Gasteiger partial charge on any atom is 0.303 e. The van der Waals surface area contributed by atoms with E-state index in [0.717, 1.165) is 23.9 Å². The molecule has 16 heavy (non-hydrogen) atoms. The number of halogens is 1. The Morgan fingerprint density at radius 2 is 1.94 bits per heavy atom. The number of hydrogen-bond donors (Lipinski definition) is 1. The van der Waals surface area contributed by atoms with Gasteiger partial charge in [0.25, 0.3) is 0 Å². The van der Waals surface area contributed by atoms with E-state index in [0.29, 0.717) is 24.4 Å². The third kappa shape index (κ3) is 2.66. The van der Waals surface area contributed by atoms with Crippen molar-refractivity contribution in [3.05, 3.63) is 11.1 Å². The molecule has 2 atom stereocenters. The van der Waals surface area contributed by atoms with Crippen LogP contribution in [-0.2, 0) is 4.79 Å². The number of fused-ring (bicyclic) bond motifs is 2. The Balaban J connectivity index is 1.95. The van der Waals surface area contributed by atoms with Gasteiger partial charge in [0.05, 0.1) is 0 Å². The molecule has 0 amide bonds. The second-order valence-corrected chi connectivity index (χ2v) is 6.13. The highest BCUT2D eigenvalue weighted by Crippen LogP contribution is 2.40. The number of carbonyl (C=O) groups is 1. The van der Waals surface area contributed by atoms with E-state index in [1.54, 1.807) is 0 Å². The minimum absolute atomic E-state index is 0.343. The van der Waals surface area contributed by atoms with Crippen LogP contribution in [0.3, 0.4) is 0 Å². The molecule has 90 valence electrons. The van der Waals surface area contributed by atoms with Crippen LogP contribution in [0, 0.1) is 5.92 Å². The van der Waals surface area contributed by atoms with Gasteiger partial charge in [0, 0.05) is 29.5 Å². The van der Waals surface area contributed by atoms with E-state index >= 15 is 0 Å². The lowest BCUT2D eigenvalue weighted by Crippen LogP contribution is -2.43. The monoisotopic (exact) mass is 287 g/mol. The summed E-state index contributed by atoms with van der Waals surface area (Å²) in [6, 6.07) is 1.16. The first-order valence-corrected chi connectivity index (χ1v) is 6.66. The molecule has 4 heteroatoms. The zero-order valence-electron chi connectivity index (χ0n) is 9.36. The Kier molecular flexibility index (Phi) is 3.70. The van der Waals surface area contributed by atoms with Crippen LogP contribution < -0.4 is 0 Å². The van der Waals surface area contributed by atoms with Crippen LogP contribution in [0.2, 0.25) is 0 Å². The van der Waals surface area contributed by atoms with Crippen molar-refractivity contribution in [1.82, 2.24) is 4.90 Å². The molecule has 0 aliphatic carbocycles. The van der Waals surface area contributed by atoms with Crippen molar-refractivity contribution in [2.75, 3.05) is 6.54 Å². The van der Waals surface area contributed by atoms with Gasteiger partial charge < -0.3 is 5.11 Å². The lowest BCUT2D eigenvalue weighted by molar-refractivity contribution is -0.138. The molecule has 2 aliphatic rings. The van der Waals surface area contributed by atoms with Crippen molar-refractivity contribution in [3.63, 3.8) is 0 Å². The lowest BCUT2D eigenvalue weighted by Gasteiger charge is -2.38. The predicted molar refractivity (Wildman–Crippen MR) is 66.6 cm³/mol. The Labute approximate surface area is 105 Å². The quantitative estimate of drug-likeness (QED) is 0.864. The van der Waals surface area contributed by atoms with Gasteiger partial charge in [0.2, 0.25) is 0 Å². The van der Waals surface area contributed by atoms with Crippen LogP contribution in [-0.4, -0.2) is 34.6 Å². The molecule has 2 heterocycles. The van der Waals surface area contributed by atoms with E-state index < -0.39 is 5.97 Å². The Morgan fingerprint density at radius 3 is 2.38 bits per heavy atom. The molecule has 2 rings (SSSR count). The molecular weight excluding hydrogens is 270 g/mol. The van der Waals surface area contributed by atoms with Crippen LogP contribution in [0.4, 0.5) is 0 Å². The topological polar surface area (TPSA) is 40.5 Å². The number of hydrogen-bond acceptors (Lipinski definition) is 2. The average molecular weight is 288 g/mol. The van der Waals surface area contributed by atoms with E-state index in [1.165, 1.54) is 12.8 Å². The second kappa shape index (κ2) is 4.88. The van der Waals surface area contributed by atoms with E-state index in [1.807, 2.05) is 0 Å². The maximum atomic E-state index is 10.7. The van der Waals surface area contributed by atoms with Crippen molar-refractivity contribution in [1.29, 1.82) is 0 Å². The molecule has 0 aromatic heterocycles. The maximum absolute atomic E-state index is 10.7. The van der Waals surface area contributed by atoms with Crippen molar-refractivity contribution in [3.8, 4) is 0 Å². The van der Waals surface area contributed by atoms with Crippen LogP contribution in [0.1, 0.15) is 32.1 Å². The smallest absolute Gasteiger partial charge is 0.303 e. The number of aliphatic carboxylic acids is 1. The second-order valence-electron chi connectivity index (χ2n) is 5.01. The van der Waals surface area contributed by atoms with Crippen LogP contribution in [0.15, 0.2) is 11.1 Å². The van der Waals surface area contributed by atoms with Gasteiger partial charge in [-0.2, -0.15) is 0 Å². The molecule has 0 radical (unpaired) electrons. The first-order valence-electron chi connectivity index (χ1n) is 5.87. The molecule has 2 unspecified atom stereocenters. The standard InChI is InChI=1S/C12H18BrNO2/c1-8(13)7-14-10-2-3-11(14)5-9(4-10)6-12(15)16/h9-11H,1-7H2,(H,15,16). The zero-order chi connectivity index (χ0) is 11.7. The molecule has 0 aromatic rings. The number of carboxylic acids is 1. The summed E-state index contributed by atoms with van der Waals surface area (Å²) in [4.78, 5) is 13.2. The van der Waals surface area contributed by atoms with Crippen molar-refractivity contribution < 1.29 is 9.90 Å². The minimum Gasteiger partial charge on any atom is -0.481 e.